The molecule has 0 amide bonds. The van der Waals surface area contributed by atoms with Crippen molar-refractivity contribution in [3.05, 3.63) is 23.8 Å². The van der Waals surface area contributed by atoms with Crippen molar-refractivity contribution in [1.29, 1.82) is 0 Å². The highest BCUT2D eigenvalue weighted by molar-refractivity contribution is 5.45. The van der Waals surface area contributed by atoms with Gasteiger partial charge in [0.15, 0.2) is 11.5 Å². The van der Waals surface area contributed by atoms with Gasteiger partial charge in [-0.25, -0.2) is 0 Å². The molecular formula is C15H21NO4. The zero-order valence-electron chi connectivity index (χ0n) is 11.7. The average Bonchev–Trinajstić information content (AvgIpc) is 3.13. The van der Waals surface area contributed by atoms with Crippen molar-refractivity contribution in [3.8, 4) is 11.5 Å². The molecule has 0 spiro atoms. The van der Waals surface area contributed by atoms with Crippen LogP contribution in [0.25, 0.3) is 0 Å². The van der Waals surface area contributed by atoms with Gasteiger partial charge in [0.05, 0.1) is 12.7 Å². The van der Waals surface area contributed by atoms with Gasteiger partial charge in [-0.05, 0) is 37.0 Å². The Bertz CT molecular complexity index is 459. The maximum atomic E-state index is 10.3. The van der Waals surface area contributed by atoms with Crippen LogP contribution in [-0.4, -0.2) is 37.7 Å². The molecule has 3 atom stereocenters. The molecule has 3 rings (SSSR count). The largest absolute Gasteiger partial charge is 0.454 e. The Kier molecular flexibility index (Phi) is 4.10. The van der Waals surface area contributed by atoms with Crippen LogP contribution in [0.5, 0.6) is 11.5 Å². The number of hydrogen-bond acceptors (Lipinski definition) is 5. The molecular weight excluding hydrogens is 258 g/mol. The van der Waals surface area contributed by atoms with Gasteiger partial charge in [-0.1, -0.05) is 6.07 Å². The molecule has 1 aromatic rings. The van der Waals surface area contributed by atoms with Crippen LogP contribution in [0, 0.1) is 5.92 Å². The zero-order chi connectivity index (χ0) is 13.9. The molecule has 5 heteroatoms. The Labute approximate surface area is 118 Å². The summed E-state index contributed by atoms with van der Waals surface area (Å²) < 4.78 is 16.0. The molecule has 0 saturated carbocycles. The Hall–Kier alpha value is -1.30. The second-order valence-corrected chi connectivity index (χ2v) is 5.45. The third kappa shape index (κ3) is 2.90. The molecule has 2 N–H and O–H groups in total. The Morgan fingerprint density at radius 3 is 3.00 bits per heavy atom. The Morgan fingerprint density at radius 2 is 2.20 bits per heavy atom. The lowest BCUT2D eigenvalue weighted by atomic mass is 10.00. The van der Waals surface area contributed by atoms with E-state index in [0.717, 1.165) is 30.9 Å². The van der Waals surface area contributed by atoms with Gasteiger partial charge in [-0.3, -0.25) is 0 Å². The van der Waals surface area contributed by atoms with Crippen LogP contribution in [-0.2, 0) is 4.74 Å². The van der Waals surface area contributed by atoms with E-state index in [1.54, 1.807) is 0 Å². The smallest absolute Gasteiger partial charge is 0.231 e. The number of aliphatic hydroxyl groups excluding tert-OH is 1. The molecule has 0 bridgehead atoms. The molecule has 2 aliphatic rings. The number of nitrogens with one attached hydrogen (secondary N) is 1. The van der Waals surface area contributed by atoms with Crippen LogP contribution in [0.15, 0.2) is 18.2 Å². The second kappa shape index (κ2) is 5.99. The SMILES string of the molecule is CC(NCC(O)c1ccc2c(c1)OCO2)C1CCOC1. The number of ether oxygens (including phenoxy) is 3. The van der Waals surface area contributed by atoms with Crippen molar-refractivity contribution < 1.29 is 19.3 Å². The van der Waals surface area contributed by atoms with E-state index in [1.165, 1.54) is 0 Å². The van der Waals surface area contributed by atoms with Crippen molar-refractivity contribution in [2.24, 2.45) is 5.92 Å². The van der Waals surface area contributed by atoms with Crippen molar-refractivity contribution >= 4 is 0 Å². The van der Waals surface area contributed by atoms with Crippen LogP contribution >= 0.6 is 0 Å². The van der Waals surface area contributed by atoms with Crippen LogP contribution < -0.4 is 14.8 Å². The van der Waals surface area contributed by atoms with Gasteiger partial charge in [0.25, 0.3) is 0 Å². The van der Waals surface area contributed by atoms with E-state index in [2.05, 4.69) is 12.2 Å². The van der Waals surface area contributed by atoms with Crippen LogP contribution in [0.3, 0.4) is 0 Å². The summed E-state index contributed by atoms with van der Waals surface area (Å²) in [5.41, 5.74) is 0.844. The summed E-state index contributed by atoms with van der Waals surface area (Å²) in [5, 5.41) is 13.6. The fourth-order valence-electron chi connectivity index (χ4n) is 2.65. The van der Waals surface area contributed by atoms with E-state index >= 15 is 0 Å². The van der Waals surface area contributed by atoms with E-state index in [4.69, 9.17) is 14.2 Å². The van der Waals surface area contributed by atoms with Gasteiger partial charge < -0.3 is 24.6 Å². The Morgan fingerprint density at radius 1 is 1.35 bits per heavy atom. The number of rotatable bonds is 5. The molecule has 1 aromatic carbocycles. The third-order valence-corrected chi connectivity index (χ3v) is 4.09. The number of fused-ring (bicyclic) bond motifs is 1. The molecule has 0 aliphatic carbocycles. The quantitative estimate of drug-likeness (QED) is 0.854. The third-order valence-electron chi connectivity index (χ3n) is 4.09. The molecule has 3 unspecified atom stereocenters. The zero-order valence-corrected chi connectivity index (χ0v) is 11.7. The molecule has 110 valence electrons. The summed E-state index contributed by atoms with van der Waals surface area (Å²) in [6, 6.07) is 5.91. The molecule has 5 nitrogen and oxygen atoms in total. The van der Waals surface area contributed by atoms with Crippen molar-refractivity contribution in [1.82, 2.24) is 5.32 Å². The molecule has 1 fully saturated rings. The van der Waals surface area contributed by atoms with Crippen LogP contribution in [0.4, 0.5) is 0 Å². The first kappa shape index (κ1) is 13.7. The summed E-state index contributed by atoms with van der Waals surface area (Å²) in [7, 11) is 0. The summed E-state index contributed by atoms with van der Waals surface area (Å²) >= 11 is 0. The van der Waals surface area contributed by atoms with E-state index in [-0.39, 0.29) is 6.79 Å². The first-order valence-corrected chi connectivity index (χ1v) is 7.13. The highest BCUT2D eigenvalue weighted by Gasteiger charge is 2.23. The molecule has 0 aromatic heterocycles. The number of aliphatic hydroxyl groups is 1. The molecule has 0 radical (unpaired) electrons. The minimum Gasteiger partial charge on any atom is -0.454 e. The van der Waals surface area contributed by atoms with Crippen LogP contribution in [0.2, 0.25) is 0 Å². The van der Waals surface area contributed by atoms with Gasteiger partial charge in [0.2, 0.25) is 6.79 Å². The predicted octanol–water partition coefficient (Wildman–Crippen LogP) is 1.46. The fraction of sp³-hybridized carbons (Fsp3) is 0.600. The lowest BCUT2D eigenvalue weighted by molar-refractivity contribution is 0.155. The average molecular weight is 279 g/mol. The molecule has 2 heterocycles. The monoisotopic (exact) mass is 279 g/mol. The maximum absolute atomic E-state index is 10.3. The van der Waals surface area contributed by atoms with E-state index in [1.807, 2.05) is 18.2 Å². The summed E-state index contributed by atoms with van der Waals surface area (Å²) in [4.78, 5) is 0. The van der Waals surface area contributed by atoms with Crippen molar-refractivity contribution in [2.75, 3.05) is 26.6 Å². The van der Waals surface area contributed by atoms with Gasteiger partial charge in [-0.15, -0.1) is 0 Å². The van der Waals surface area contributed by atoms with E-state index in [0.29, 0.717) is 24.3 Å². The molecule has 20 heavy (non-hydrogen) atoms. The van der Waals surface area contributed by atoms with Gasteiger partial charge >= 0.3 is 0 Å². The Balaban J connectivity index is 1.54. The minimum absolute atomic E-state index is 0.256. The predicted molar refractivity (Wildman–Crippen MR) is 73.9 cm³/mol. The highest BCUT2D eigenvalue weighted by atomic mass is 16.7. The van der Waals surface area contributed by atoms with E-state index in [9.17, 15) is 5.11 Å². The number of benzene rings is 1. The lowest BCUT2D eigenvalue weighted by Crippen LogP contribution is -2.36. The minimum atomic E-state index is -0.547. The number of hydrogen-bond donors (Lipinski definition) is 2. The summed E-state index contributed by atoms with van der Waals surface area (Å²) in [6.07, 6.45) is 0.545. The van der Waals surface area contributed by atoms with Crippen LogP contribution in [0.1, 0.15) is 25.0 Å². The summed E-state index contributed by atoms with van der Waals surface area (Å²) in [5.74, 6) is 1.99. The molecule has 2 aliphatic heterocycles. The van der Waals surface area contributed by atoms with Gasteiger partial charge in [-0.2, -0.15) is 0 Å². The van der Waals surface area contributed by atoms with E-state index < -0.39 is 6.10 Å². The summed E-state index contributed by atoms with van der Waals surface area (Å²) in [6.45, 7) is 4.59. The normalized spacial score (nSPS) is 23.8. The van der Waals surface area contributed by atoms with Crippen molar-refractivity contribution in [3.63, 3.8) is 0 Å². The van der Waals surface area contributed by atoms with Crippen molar-refractivity contribution in [2.45, 2.75) is 25.5 Å². The second-order valence-electron chi connectivity index (χ2n) is 5.45. The fourth-order valence-corrected chi connectivity index (χ4v) is 2.65. The standard InChI is InChI=1S/C15H21NO4/c1-10(12-4-5-18-8-12)16-7-13(17)11-2-3-14-15(6-11)20-9-19-14/h2-3,6,10,12-13,16-17H,4-5,7-9H2,1H3. The van der Waals surface area contributed by atoms with Gasteiger partial charge in [0, 0.05) is 19.2 Å². The molecule has 1 saturated heterocycles. The first-order chi connectivity index (χ1) is 9.74. The lowest BCUT2D eigenvalue weighted by Gasteiger charge is -2.21. The topological polar surface area (TPSA) is 60.0 Å². The van der Waals surface area contributed by atoms with Gasteiger partial charge in [0.1, 0.15) is 0 Å². The maximum Gasteiger partial charge on any atom is 0.231 e. The highest BCUT2D eigenvalue weighted by Crippen LogP contribution is 2.34. The first-order valence-electron chi connectivity index (χ1n) is 7.13.